The maximum Gasteiger partial charge on any atom is 0.326 e. The number of rotatable bonds is 20. The molecule has 17 heteroatoms. The predicted molar refractivity (Wildman–Crippen MR) is 158 cm³/mol. The van der Waals surface area contributed by atoms with E-state index in [0.717, 1.165) is 0 Å². The largest absolute Gasteiger partial charge is 0.481 e. The van der Waals surface area contributed by atoms with Crippen molar-refractivity contribution in [3.8, 4) is 0 Å². The minimum atomic E-state index is -1.51. The van der Waals surface area contributed by atoms with E-state index in [0.29, 0.717) is 12.0 Å². The number of carboxylic acids is 2. The molecule has 0 fully saturated rings. The molecule has 238 valence electrons. The van der Waals surface area contributed by atoms with Crippen molar-refractivity contribution in [2.45, 2.75) is 69.1 Å². The minimum Gasteiger partial charge on any atom is -0.481 e. The van der Waals surface area contributed by atoms with Gasteiger partial charge in [-0.2, -0.15) is 0 Å². The van der Waals surface area contributed by atoms with Gasteiger partial charge in [0.15, 0.2) is 11.9 Å². The first-order valence-corrected chi connectivity index (χ1v) is 13.6. The fraction of sp³-hybridized carbons (Fsp3) is 0.500. The Kier molecular flexibility index (Phi) is 16.1. The van der Waals surface area contributed by atoms with Crippen molar-refractivity contribution in [3.05, 3.63) is 35.9 Å². The molecule has 1 aromatic rings. The molecule has 1 rings (SSSR count). The van der Waals surface area contributed by atoms with Gasteiger partial charge in [0, 0.05) is 25.9 Å². The first-order chi connectivity index (χ1) is 20.3. The van der Waals surface area contributed by atoms with Crippen molar-refractivity contribution in [2.24, 2.45) is 38.7 Å². The number of benzene rings is 1. The Balaban J connectivity index is 3.12. The highest BCUT2D eigenvalue weighted by atomic mass is 16.4. The number of amides is 3. The molecule has 15 N–H and O–H groups in total. The van der Waals surface area contributed by atoms with Crippen molar-refractivity contribution in [1.82, 2.24) is 16.0 Å². The number of carbonyl (C=O) groups is 5. The SMILES string of the molecule is NC(N)=NCCCC(N)C(=O)NC(CCCN=C(N)N)C(=O)NC(Cc1ccccc1)C(=O)NC(CCC(=O)O)C(=O)O. The van der Waals surface area contributed by atoms with Crippen molar-refractivity contribution in [3.63, 3.8) is 0 Å². The summed E-state index contributed by atoms with van der Waals surface area (Å²) in [5.74, 6) is -5.13. The number of carbonyl (C=O) groups excluding carboxylic acids is 3. The van der Waals surface area contributed by atoms with Gasteiger partial charge in [0.25, 0.3) is 0 Å². The monoisotopic (exact) mass is 606 g/mol. The summed E-state index contributed by atoms with van der Waals surface area (Å²) in [6.45, 7) is 0.413. The van der Waals surface area contributed by atoms with E-state index in [1.165, 1.54) is 0 Å². The normalized spacial score (nSPS) is 13.3. The van der Waals surface area contributed by atoms with Crippen LogP contribution in [0.3, 0.4) is 0 Å². The number of hydrogen-bond acceptors (Lipinski definition) is 8. The summed E-state index contributed by atoms with van der Waals surface area (Å²) in [5.41, 5.74) is 27.9. The fourth-order valence-electron chi connectivity index (χ4n) is 3.83. The molecule has 1 aromatic carbocycles. The third-order valence-corrected chi connectivity index (χ3v) is 6.06. The predicted octanol–water partition coefficient (Wildman–Crippen LogP) is -2.93. The van der Waals surface area contributed by atoms with Gasteiger partial charge in [-0.15, -0.1) is 0 Å². The lowest BCUT2D eigenvalue weighted by Crippen LogP contribution is -2.57. The van der Waals surface area contributed by atoms with Gasteiger partial charge >= 0.3 is 11.9 Å². The second-order valence-corrected chi connectivity index (χ2v) is 9.65. The van der Waals surface area contributed by atoms with Gasteiger partial charge in [-0.05, 0) is 37.7 Å². The second-order valence-electron chi connectivity index (χ2n) is 9.65. The Labute approximate surface area is 248 Å². The molecule has 0 spiro atoms. The molecule has 0 heterocycles. The molecule has 4 unspecified atom stereocenters. The number of nitrogens with two attached hydrogens (primary N) is 5. The zero-order valence-electron chi connectivity index (χ0n) is 23.8. The van der Waals surface area contributed by atoms with Crippen LogP contribution in [0.1, 0.15) is 44.1 Å². The zero-order valence-corrected chi connectivity index (χ0v) is 23.8. The van der Waals surface area contributed by atoms with E-state index < -0.39 is 60.2 Å². The summed E-state index contributed by atoms with van der Waals surface area (Å²) in [6, 6.07) is 3.70. The number of aliphatic carboxylic acids is 2. The van der Waals surface area contributed by atoms with Crippen LogP contribution in [0.2, 0.25) is 0 Å². The molecule has 0 aliphatic rings. The van der Waals surface area contributed by atoms with Crippen molar-refractivity contribution < 1.29 is 34.2 Å². The van der Waals surface area contributed by atoms with Crippen LogP contribution in [0.15, 0.2) is 40.3 Å². The Bertz CT molecular complexity index is 1140. The van der Waals surface area contributed by atoms with E-state index in [9.17, 15) is 29.1 Å². The molecule has 0 aromatic heterocycles. The molecular weight excluding hydrogens is 564 g/mol. The van der Waals surface area contributed by atoms with Gasteiger partial charge in [0.2, 0.25) is 17.7 Å². The van der Waals surface area contributed by atoms with Crippen molar-refractivity contribution in [1.29, 1.82) is 0 Å². The van der Waals surface area contributed by atoms with Gasteiger partial charge in [0.05, 0.1) is 6.04 Å². The van der Waals surface area contributed by atoms with E-state index >= 15 is 0 Å². The Hall–Kier alpha value is -4.93. The average molecular weight is 607 g/mol. The smallest absolute Gasteiger partial charge is 0.326 e. The van der Waals surface area contributed by atoms with Crippen LogP contribution in [0.5, 0.6) is 0 Å². The molecule has 0 saturated heterocycles. The van der Waals surface area contributed by atoms with Crippen LogP contribution >= 0.6 is 0 Å². The number of guanidine groups is 2. The third kappa shape index (κ3) is 15.6. The highest BCUT2D eigenvalue weighted by molar-refractivity contribution is 5.94. The van der Waals surface area contributed by atoms with E-state index in [4.69, 9.17) is 33.8 Å². The summed E-state index contributed by atoms with van der Waals surface area (Å²) in [7, 11) is 0. The molecule has 0 aliphatic heterocycles. The lowest BCUT2D eigenvalue weighted by atomic mass is 10.0. The summed E-state index contributed by atoms with van der Waals surface area (Å²) in [5, 5.41) is 25.9. The molecule has 0 saturated carbocycles. The highest BCUT2D eigenvalue weighted by Gasteiger charge is 2.30. The van der Waals surface area contributed by atoms with Crippen molar-refractivity contribution in [2.75, 3.05) is 13.1 Å². The number of nitrogens with one attached hydrogen (secondary N) is 3. The van der Waals surface area contributed by atoms with Crippen LogP contribution in [0.25, 0.3) is 0 Å². The zero-order chi connectivity index (χ0) is 32.4. The quantitative estimate of drug-likeness (QED) is 0.0405. The number of hydrogen-bond donors (Lipinski definition) is 10. The standard InChI is InChI=1S/C26H42N10O7/c27-16(8-4-12-32-25(28)29)21(39)34-17(9-5-13-33-26(30)31)22(40)36-19(14-15-6-2-1-3-7-15)23(41)35-18(24(42)43)10-11-20(37)38/h1-3,6-7,16-19H,4-5,8-14,27H2,(H,34,39)(H,35,41)(H,36,40)(H,37,38)(H,42,43)(H4,28,29,32)(H4,30,31,33). The summed E-state index contributed by atoms with van der Waals surface area (Å²) >= 11 is 0. The Morgan fingerprint density at radius 2 is 1.21 bits per heavy atom. The second kappa shape index (κ2) is 19.2. The fourth-order valence-corrected chi connectivity index (χ4v) is 3.83. The van der Waals surface area contributed by atoms with Gasteiger partial charge in [-0.1, -0.05) is 30.3 Å². The highest BCUT2D eigenvalue weighted by Crippen LogP contribution is 2.08. The molecule has 0 radical (unpaired) electrons. The Morgan fingerprint density at radius 3 is 1.74 bits per heavy atom. The van der Waals surface area contributed by atoms with Gasteiger partial charge in [0.1, 0.15) is 18.1 Å². The van der Waals surface area contributed by atoms with Gasteiger partial charge < -0.3 is 54.8 Å². The molecule has 17 nitrogen and oxygen atoms in total. The summed E-state index contributed by atoms with van der Waals surface area (Å²) in [4.78, 5) is 69.8. The molecule has 0 aliphatic carbocycles. The van der Waals surface area contributed by atoms with Crippen LogP contribution in [0.4, 0.5) is 0 Å². The van der Waals surface area contributed by atoms with Gasteiger partial charge in [-0.25, -0.2) is 4.79 Å². The lowest BCUT2D eigenvalue weighted by molar-refractivity contribution is -0.143. The third-order valence-electron chi connectivity index (χ3n) is 6.06. The van der Waals surface area contributed by atoms with Crippen LogP contribution in [-0.2, 0) is 30.4 Å². The minimum absolute atomic E-state index is 0.0251. The number of nitrogens with zero attached hydrogens (tertiary/aromatic N) is 2. The molecule has 0 bridgehead atoms. The summed E-state index contributed by atoms with van der Waals surface area (Å²) < 4.78 is 0. The maximum atomic E-state index is 13.4. The van der Waals surface area contributed by atoms with E-state index in [1.54, 1.807) is 30.3 Å². The topological polar surface area (TPSA) is 317 Å². The van der Waals surface area contributed by atoms with Crippen molar-refractivity contribution >= 4 is 41.6 Å². The van der Waals surface area contributed by atoms with Crippen LogP contribution < -0.4 is 44.6 Å². The molecule has 4 atom stereocenters. The van der Waals surface area contributed by atoms with E-state index in [2.05, 4.69) is 25.9 Å². The molecule has 3 amide bonds. The summed E-state index contributed by atoms with van der Waals surface area (Å²) in [6.07, 6.45) is 0.0856. The molecule has 43 heavy (non-hydrogen) atoms. The first kappa shape index (κ1) is 36.1. The van der Waals surface area contributed by atoms with Crippen LogP contribution in [0, 0.1) is 0 Å². The van der Waals surface area contributed by atoms with Gasteiger partial charge in [-0.3, -0.25) is 29.2 Å². The van der Waals surface area contributed by atoms with E-state index in [-0.39, 0.29) is 57.1 Å². The number of carboxylic acid groups (broad SMARTS) is 2. The average Bonchev–Trinajstić information content (AvgIpc) is 2.94. The maximum absolute atomic E-state index is 13.4. The molecular formula is C26H42N10O7. The van der Waals surface area contributed by atoms with E-state index in [1.807, 2.05) is 0 Å². The first-order valence-electron chi connectivity index (χ1n) is 13.6. The lowest BCUT2D eigenvalue weighted by Gasteiger charge is -2.25. The Morgan fingerprint density at radius 1 is 0.698 bits per heavy atom. The number of aliphatic imine (C=N–C) groups is 2. The van der Waals surface area contributed by atoms with Crippen LogP contribution in [-0.4, -0.2) is 89.0 Å².